The standard InChI is InChI=1S/C17H22INO3/c1-2-22-17(21)15(12-6-4-3-5-7-12)16(20)19-14-10-8-13(18)9-11-14/h8-12,15H,2-7H2,1H3,(H,19,20)/t15-/m0/s1. The summed E-state index contributed by atoms with van der Waals surface area (Å²) in [5.74, 6) is -1.24. The molecule has 2 rings (SSSR count). The average molecular weight is 415 g/mol. The summed E-state index contributed by atoms with van der Waals surface area (Å²) in [6, 6.07) is 7.55. The molecule has 1 aliphatic carbocycles. The number of benzene rings is 1. The molecule has 1 fully saturated rings. The van der Waals surface area contributed by atoms with Crippen molar-refractivity contribution in [3.8, 4) is 0 Å². The molecular formula is C17H22INO3. The molecule has 1 amide bonds. The van der Waals surface area contributed by atoms with Crippen LogP contribution in [-0.2, 0) is 14.3 Å². The lowest BCUT2D eigenvalue weighted by atomic mass is 9.79. The maximum absolute atomic E-state index is 12.6. The molecule has 0 radical (unpaired) electrons. The number of anilines is 1. The van der Waals surface area contributed by atoms with E-state index in [0.717, 1.165) is 34.9 Å². The fraction of sp³-hybridized carbons (Fsp3) is 0.529. The molecule has 1 saturated carbocycles. The lowest BCUT2D eigenvalue weighted by molar-refractivity contribution is -0.153. The van der Waals surface area contributed by atoms with Gasteiger partial charge in [-0.1, -0.05) is 19.3 Å². The van der Waals surface area contributed by atoms with Crippen molar-refractivity contribution in [2.75, 3.05) is 11.9 Å². The molecule has 0 saturated heterocycles. The minimum atomic E-state index is -0.695. The van der Waals surface area contributed by atoms with Gasteiger partial charge in [0.05, 0.1) is 6.61 Å². The van der Waals surface area contributed by atoms with E-state index in [9.17, 15) is 9.59 Å². The van der Waals surface area contributed by atoms with Gasteiger partial charge in [0.2, 0.25) is 5.91 Å². The number of rotatable bonds is 5. The SMILES string of the molecule is CCOC(=O)[C@H](C(=O)Nc1ccc(I)cc1)C1CCCCC1. The normalized spacial score (nSPS) is 16.8. The lowest BCUT2D eigenvalue weighted by Gasteiger charge is -2.27. The van der Waals surface area contributed by atoms with Gasteiger partial charge in [-0.05, 0) is 72.5 Å². The van der Waals surface area contributed by atoms with E-state index < -0.39 is 11.9 Å². The molecule has 120 valence electrons. The van der Waals surface area contributed by atoms with Gasteiger partial charge in [0.15, 0.2) is 0 Å². The Morgan fingerprint density at radius 2 is 1.86 bits per heavy atom. The number of amides is 1. The fourth-order valence-corrected chi connectivity index (χ4v) is 3.33. The Morgan fingerprint density at radius 1 is 1.23 bits per heavy atom. The summed E-state index contributed by atoms with van der Waals surface area (Å²) >= 11 is 2.21. The highest BCUT2D eigenvalue weighted by atomic mass is 127. The molecule has 1 aromatic rings. The number of nitrogens with one attached hydrogen (secondary N) is 1. The van der Waals surface area contributed by atoms with Gasteiger partial charge < -0.3 is 10.1 Å². The molecule has 22 heavy (non-hydrogen) atoms. The molecule has 1 aliphatic rings. The van der Waals surface area contributed by atoms with Crippen LogP contribution in [0.4, 0.5) is 5.69 Å². The van der Waals surface area contributed by atoms with E-state index in [4.69, 9.17) is 4.74 Å². The second-order valence-corrected chi connectivity index (χ2v) is 6.87. The van der Waals surface area contributed by atoms with Crippen LogP contribution in [-0.4, -0.2) is 18.5 Å². The van der Waals surface area contributed by atoms with E-state index in [2.05, 4.69) is 27.9 Å². The van der Waals surface area contributed by atoms with Crippen molar-refractivity contribution in [1.29, 1.82) is 0 Å². The molecule has 4 nitrogen and oxygen atoms in total. The van der Waals surface area contributed by atoms with Crippen LogP contribution in [0, 0.1) is 15.4 Å². The third-order valence-corrected chi connectivity index (χ3v) is 4.78. The molecule has 1 N–H and O–H groups in total. The number of esters is 1. The molecule has 5 heteroatoms. The number of halogens is 1. The highest BCUT2D eigenvalue weighted by Crippen LogP contribution is 2.31. The topological polar surface area (TPSA) is 55.4 Å². The van der Waals surface area contributed by atoms with Crippen molar-refractivity contribution in [3.05, 3.63) is 27.8 Å². The van der Waals surface area contributed by atoms with Crippen molar-refractivity contribution >= 4 is 40.2 Å². The summed E-state index contributed by atoms with van der Waals surface area (Å²) in [6.45, 7) is 2.08. The van der Waals surface area contributed by atoms with E-state index in [1.165, 1.54) is 6.42 Å². The van der Waals surface area contributed by atoms with Crippen LogP contribution in [0.3, 0.4) is 0 Å². The molecule has 1 aromatic carbocycles. The molecule has 0 bridgehead atoms. The van der Waals surface area contributed by atoms with Gasteiger partial charge in [0, 0.05) is 9.26 Å². The van der Waals surface area contributed by atoms with Gasteiger partial charge in [0.1, 0.15) is 5.92 Å². The second kappa shape index (κ2) is 8.50. The highest BCUT2D eigenvalue weighted by Gasteiger charge is 2.36. The van der Waals surface area contributed by atoms with Gasteiger partial charge in [-0.3, -0.25) is 9.59 Å². The minimum Gasteiger partial charge on any atom is -0.465 e. The quantitative estimate of drug-likeness (QED) is 0.450. The van der Waals surface area contributed by atoms with Crippen LogP contribution in [0.25, 0.3) is 0 Å². The number of hydrogen-bond donors (Lipinski definition) is 1. The van der Waals surface area contributed by atoms with Gasteiger partial charge in [-0.25, -0.2) is 0 Å². The third-order valence-electron chi connectivity index (χ3n) is 4.06. The molecule has 0 aromatic heterocycles. The molecule has 0 heterocycles. The van der Waals surface area contributed by atoms with Gasteiger partial charge >= 0.3 is 5.97 Å². The Labute approximate surface area is 145 Å². The summed E-state index contributed by atoms with van der Waals surface area (Å²) < 4.78 is 6.24. The van der Waals surface area contributed by atoms with E-state index in [-0.39, 0.29) is 11.8 Å². The summed E-state index contributed by atoms with van der Waals surface area (Å²) in [7, 11) is 0. The maximum atomic E-state index is 12.6. The number of ether oxygens (including phenoxy) is 1. The van der Waals surface area contributed by atoms with E-state index in [0.29, 0.717) is 6.61 Å². The zero-order valence-corrected chi connectivity index (χ0v) is 15.0. The van der Waals surface area contributed by atoms with E-state index >= 15 is 0 Å². The fourth-order valence-electron chi connectivity index (χ4n) is 2.97. The smallest absolute Gasteiger partial charge is 0.318 e. The van der Waals surface area contributed by atoms with Crippen LogP contribution in [0.1, 0.15) is 39.0 Å². The Balaban J connectivity index is 2.10. The van der Waals surface area contributed by atoms with E-state index in [1.54, 1.807) is 6.92 Å². The van der Waals surface area contributed by atoms with Crippen LogP contribution in [0.15, 0.2) is 24.3 Å². The molecule has 0 spiro atoms. The first-order valence-corrected chi connectivity index (χ1v) is 8.92. The monoisotopic (exact) mass is 415 g/mol. The van der Waals surface area contributed by atoms with Crippen LogP contribution < -0.4 is 5.32 Å². The largest absolute Gasteiger partial charge is 0.465 e. The van der Waals surface area contributed by atoms with Crippen LogP contribution in [0.5, 0.6) is 0 Å². The van der Waals surface area contributed by atoms with Gasteiger partial charge in [0.25, 0.3) is 0 Å². The van der Waals surface area contributed by atoms with Gasteiger partial charge in [-0.2, -0.15) is 0 Å². The Hall–Kier alpha value is -1.11. The molecule has 1 atom stereocenters. The van der Waals surface area contributed by atoms with Crippen molar-refractivity contribution < 1.29 is 14.3 Å². The van der Waals surface area contributed by atoms with Crippen LogP contribution >= 0.6 is 22.6 Å². The Kier molecular flexibility index (Phi) is 6.67. The minimum absolute atomic E-state index is 0.0941. The lowest BCUT2D eigenvalue weighted by Crippen LogP contribution is -2.37. The second-order valence-electron chi connectivity index (χ2n) is 5.62. The van der Waals surface area contributed by atoms with E-state index in [1.807, 2.05) is 24.3 Å². The first-order valence-electron chi connectivity index (χ1n) is 7.85. The number of carbonyl (C=O) groups is 2. The predicted molar refractivity (Wildman–Crippen MR) is 94.5 cm³/mol. The molecule has 0 unspecified atom stereocenters. The van der Waals surface area contributed by atoms with Gasteiger partial charge in [-0.15, -0.1) is 0 Å². The summed E-state index contributed by atoms with van der Waals surface area (Å²) in [4.78, 5) is 24.8. The Bertz CT molecular complexity index is 509. The molecular weight excluding hydrogens is 393 g/mol. The van der Waals surface area contributed by atoms with Crippen molar-refractivity contribution in [3.63, 3.8) is 0 Å². The summed E-state index contributed by atoms with van der Waals surface area (Å²) in [5, 5.41) is 2.86. The summed E-state index contributed by atoms with van der Waals surface area (Å²) in [6.07, 6.45) is 5.19. The van der Waals surface area contributed by atoms with Crippen molar-refractivity contribution in [2.45, 2.75) is 39.0 Å². The van der Waals surface area contributed by atoms with Crippen molar-refractivity contribution in [2.24, 2.45) is 11.8 Å². The first kappa shape index (κ1) is 17.2. The van der Waals surface area contributed by atoms with Crippen molar-refractivity contribution in [1.82, 2.24) is 0 Å². The number of carbonyl (C=O) groups excluding carboxylic acids is 2. The number of hydrogen-bond acceptors (Lipinski definition) is 3. The highest BCUT2D eigenvalue weighted by molar-refractivity contribution is 14.1. The van der Waals surface area contributed by atoms with Crippen LogP contribution in [0.2, 0.25) is 0 Å². The predicted octanol–water partition coefficient (Wildman–Crippen LogP) is 3.99. The first-order chi connectivity index (χ1) is 10.6. The zero-order chi connectivity index (χ0) is 15.9. The summed E-state index contributed by atoms with van der Waals surface area (Å²) in [5.41, 5.74) is 0.718. The third kappa shape index (κ3) is 4.69. The Morgan fingerprint density at radius 3 is 2.45 bits per heavy atom. The maximum Gasteiger partial charge on any atom is 0.318 e. The zero-order valence-electron chi connectivity index (χ0n) is 12.8. The average Bonchev–Trinajstić information content (AvgIpc) is 2.51. The molecule has 0 aliphatic heterocycles.